The lowest BCUT2D eigenvalue weighted by atomic mass is 9.99. The Morgan fingerprint density at radius 2 is 1.52 bits per heavy atom. The third-order valence-corrected chi connectivity index (χ3v) is 3.69. The smallest absolute Gasteiger partial charge is 0.337 e. The molecule has 0 radical (unpaired) electrons. The van der Waals surface area contributed by atoms with E-state index in [1.807, 2.05) is 44.2 Å². The molecule has 25 heavy (non-hydrogen) atoms. The SMILES string of the molecule is CCOC(=O)[C@H](CC)N[C@H](c1ccccc1)[C@H](OCC)C(=O)OCC. The highest BCUT2D eigenvalue weighted by Crippen LogP contribution is 2.22. The van der Waals surface area contributed by atoms with E-state index in [0.717, 1.165) is 5.56 Å². The van der Waals surface area contributed by atoms with Gasteiger partial charge in [-0.2, -0.15) is 0 Å². The van der Waals surface area contributed by atoms with Gasteiger partial charge in [-0.3, -0.25) is 10.1 Å². The van der Waals surface area contributed by atoms with Gasteiger partial charge in [-0.15, -0.1) is 0 Å². The van der Waals surface area contributed by atoms with Gasteiger partial charge in [-0.05, 0) is 32.8 Å². The van der Waals surface area contributed by atoms with Gasteiger partial charge in [0.05, 0.1) is 19.3 Å². The maximum atomic E-state index is 12.4. The van der Waals surface area contributed by atoms with Gasteiger partial charge in [0.1, 0.15) is 6.04 Å². The topological polar surface area (TPSA) is 73.9 Å². The Kier molecular flexibility index (Phi) is 9.80. The van der Waals surface area contributed by atoms with Crippen molar-refractivity contribution in [3.8, 4) is 0 Å². The molecule has 0 aliphatic rings. The monoisotopic (exact) mass is 351 g/mol. The highest BCUT2D eigenvalue weighted by atomic mass is 16.6. The second kappa shape index (κ2) is 11.6. The molecule has 1 rings (SSSR count). The summed E-state index contributed by atoms with van der Waals surface area (Å²) in [6.45, 7) is 8.14. The van der Waals surface area contributed by atoms with Crippen molar-refractivity contribution in [3.63, 3.8) is 0 Å². The summed E-state index contributed by atoms with van der Waals surface area (Å²) in [5.74, 6) is -0.797. The van der Waals surface area contributed by atoms with E-state index in [9.17, 15) is 9.59 Å². The van der Waals surface area contributed by atoms with E-state index < -0.39 is 24.2 Å². The largest absolute Gasteiger partial charge is 0.465 e. The molecular formula is C19H29NO5. The number of rotatable bonds is 11. The first kappa shape index (κ1) is 21.1. The van der Waals surface area contributed by atoms with Gasteiger partial charge in [0.15, 0.2) is 6.10 Å². The lowest BCUT2D eigenvalue weighted by Gasteiger charge is -2.29. The second-order valence-corrected chi connectivity index (χ2v) is 5.40. The molecule has 0 amide bonds. The molecule has 0 aliphatic heterocycles. The molecule has 1 aromatic carbocycles. The van der Waals surface area contributed by atoms with Gasteiger partial charge in [-0.25, -0.2) is 4.79 Å². The Bertz CT molecular complexity index is 520. The van der Waals surface area contributed by atoms with E-state index in [1.54, 1.807) is 13.8 Å². The fourth-order valence-electron chi connectivity index (χ4n) is 2.54. The van der Waals surface area contributed by atoms with Crippen LogP contribution in [0.25, 0.3) is 0 Å². The van der Waals surface area contributed by atoms with Crippen LogP contribution in [0, 0.1) is 0 Å². The van der Waals surface area contributed by atoms with Gasteiger partial charge in [-0.1, -0.05) is 37.3 Å². The molecule has 0 aromatic heterocycles. The predicted octanol–water partition coefficient (Wildman–Crippen LogP) is 2.63. The number of esters is 2. The fraction of sp³-hybridized carbons (Fsp3) is 0.579. The minimum atomic E-state index is -0.851. The summed E-state index contributed by atoms with van der Waals surface area (Å²) in [6.07, 6.45) is -0.320. The maximum Gasteiger partial charge on any atom is 0.337 e. The molecular weight excluding hydrogens is 322 g/mol. The molecule has 0 aliphatic carbocycles. The van der Waals surface area contributed by atoms with Crippen LogP contribution in [0.3, 0.4) is 0 Å². The van der Waals surface area contributed by atoms with Crippen molar-refractivity contribution < 1.29 is 23.8 Å². The Balaban J connectivity index is 3.13. The molecule has 6 nitrogen and oxygen atoms in total. The van der Waals surface area contributed by atoms with Gasteiger partial charge < -0.3 is 14.2 Å². The standard InChI is InChI=1S/C19H29NO5/c1-5-15(18(21)24-7-3)20-16(14-12-10-9-11-13-14)17(23-6-2)19(22)25-8-4/h9-13,15-17,20H,5-8H2,1-4H3/t15-,16+,17-/m0/s1. The van der Waals surface area contributed by atoms with E-state index in [-0.39, 0.29) is 12.6 Å². The summed E-state index contributed by atoms with van der Waals surface area (Å²) < 4.78 is 16.0. The Morgan fingerprint density at radius 3 is 2.04 bits per heavy atom. The molecule has 3 atom stereocenters. The van der Waals surface area contributed by atoms with Gasteiger partial charge >= 0.3 is 11.9 Å². The normalized spacial score (nSPS) is 14.4. The zero-order valence-electron chi connectivity index (χ0n) is 15.5. The first-order valence-corrected chi connectivity index (χ1v) is 8.84. The zero-order chi connectivity index (χ0) is 18.7. The summed E-state index contributed by atoms with van der Waals surface area (Å²) in [7, 11) is 0. The van der Waals surface area contributed by atoms with Crippen LogP contribution in [0.2, 0.25) is 0 Å². The summed E-state index contributed by atoms with van der Waals surface area (Å²) in [5, 5.41) is 3.23. The fourth-order valence-corrected chi connectivity index (χ4v) is 2.54. The Hall–Kier alpha value is -1.92. The summed E-state index contributed by atoms with van der Waals surface area (Å²) in [6, 6.07) is 8.37. The first-order chi connectivity index (χ1) is 12.1. The van der Waals surface area contributed by atoms with Crippen LogP contribution >= 0.6 is 0 Å². The summed E-state index contributed by atoms with van der Waals surface area (Å²) >= 11 is 0. The van der Waals surface area contributed by atoms with E-state index in [0.29, 0.717) is 19.6 Å². The van der Waals surface area contributed by atoms with E-state index >= 15 is 0 Å². The van der Waals surface area contributed by atoms with Crippen molar-refractivity contribution in [2.24, 2.45) is 0 Å². The van der Waals surface area contributed by atoms with Crippen molar-refractivity contribution >= 4 is 11.9 Å². The number of carbonyl (C=O) groups excluding carboxylic acids is 2. The van der Waals surface area contributed by atoms with E-state index in [1.165, 1.54) is 0 Å². The molecule has 6 heteroatoms. The van der Waals surface area contributed by atoms with Crippen molar-refractivity contribution in [2.75, 3.05) is 19.8 Å². The van der Waals surface area contributed by atoms with Crippen LogP contribution in [0.5, 0.6) is 0 Å². The van der Waals surface area contributed by atoms with Crippen LogP contribution in [0.4, 0.5) is 0 Å². The average molecular weight is 351 g/mol. The van der Waals surface area contributed by atoms with Crippen molar-refractivity contribution in [1.82, 2.24) is 5.32 Å². The summed E-state index contributed by atoms with van der Waals surface area (Å²) in [5.41, 5.74) is 0.844. The van der Waals surface area contributed by atoms with Gasteiger partial charge in [0.2, 0.25) is 0 Å². The molecule has 140 valence electrons. The number of ether oxygens (including phenoxy) is 3. The van der Waals surface area contributed by atoms with Crippen molar-refractivity contribution in [1.29, 1.82) is 0 Å². The van der Waals surface area contributed by atoms with Gasteiger partial charge in [0, 0.05) is 6.61 Å². The third-order valence-electron chi connectivity index (χ3n) is 3.69. The number of hydrogen-bond donors (Lipinski definition) is 1. The molecule has 0 bridgehead atoms. The zero-order valence-corrected chi connectivity index (χ0v) is 15.5. The first-order valence-electron chi connectivity index (χ1n) is 8.84. The van der Waals surface area contributed by atoms with Crippen LogP contribution < -0.4 is 5.32 Å². The van der Waals surface area contributed by atoms with E-state index in [2.05, 4.69) is 5.32 Å². The molecule has 1 aromatic rings. The molecule has 0 unspecified atom stereocenters. The number of nitrogens with one attached hydrogen (secondary N) is 1. The number of hydrogen-bond acceptors (Lipinski definition) is 6. The van der Waals surface area contributed by atoms with Crippen molar-refractivity contribution in [2.45, 2.75) is 52.3 Å². The quantitative estimate of drug-likeness (QED) is 0.618. The third kappa shape index (κ3) is 6.48. The van der Waals surface area contributed by atoms with Crippen molar-refractivity contribution in [3.05, 3.63) is 35.9 Å². The minimum Gasteiger partial charge on any atom is -0.465 e. The van der Waals surface area contributed by atoms with E-state index in [4.69, 9.17) is 14.2 Å². The van der Waals surface area contributed by atoms with Crippen LogP contribution in [-0.2, 0) is 23.8 Å². The van der Waals surface area contributed by atoms with Gasteiger partial charge in [0.25, 0.3) is 0 Å². The number of carbonyl (C=O) groups is 2. The number of benzene rings is 1. The molecule has 0 spiro atoms. The average Bonchev–Trinajstić information content (AvgIpc) is 2.62. The molecule has 1 N–H and O–H groups in total. The van der Waals surface area contributed by atoms with Crippen LogP contribution in [-0.4, -0.2) is 43.9 Å². The Labute approximate surface area is 149 Å². The maximum absolute atomic E-state index is 12.4. The highest BCUT2D eigenvalue weighted by Gasteiger charge is 2.34. The lowest BCUT2D eigenvalue weighted by molar-refractivity contribution is -0.160. The van der Waals surface area contributed by atoms with Crippen LogP contribution in [0.15, 0.2) is 30.3 Å². The summed E-state index contributed by atoms with van der Waals surface area (Å²) in [4.78, 5) is 24.6. The van der Waals surface area contributed by atoms with Crippen LogP contribution in [0.1, 0.15) is 45.7 Å². The second-order valence-electron chi connectivity index (χ2n) is 5.40. The highest BCUT2D eigenvalue weighted by molar-refractivity contribution is 5.78. The molecule has 0 saturated carbocycles. The Morgan fingerprint density at radius 1 is 0.920 bits per heavy atom. The molecule has 0 heterocycles. The predicted molar refractivity (Wildman–Crippen MR) is 95.1 cm³/mol. The lowest BCUT2D eigenvalue weighted by Crippen LogP contribution is -2.47. The molecule has 0 fully saturated rings. The minimum absolute atomic E-state index is 0.263. The molecule has 0 saturated heterocycles.